The minimum Gasteiger partial charge on any atom is -0.507 e. The smallest absolute Gasteiger partial charge is 0.146 e. The molecule has 0 saturated carbocycles. The van der Waals surface area contributed by atoms with E-state index in [0.29, 0.717) is 6.61 Å². The number of nitrogens with zero attached hydrogens (tertiary/aromatic N) is 1. The fourth-order valence-corrected chi connectivity index (χ4v) is 2.61. The van der Waals surface area contributed by atoms with Crippen molar-refractivity contribution in [3.8, 4) is 11.5 Å². The van der Waals surface area contributed by atoms with Gasteiger partial charge >= 0.3 is 0 Å². The first-order chi connectivity index (χ1) is 10.8. The highest BCUT2D eigenvalue weighted by Crippen LogP contribution is 2.31. The third-order valence-corrected chi connectivity index (χ3v) is 3.64. The number of aromatic nitrogens is 2. The van der Waals surface area contributed by atoms with Crippen molar-refractivity contribution < 1.29 is 9.84 Å². The first-order valence-corrected chi connectivity index (χ1v) is 7.08. The molecular formula is C18H14N2O2. The minimum absolute atomic E-state index is 0.252. The number of H-pyrrole nitrogens is 1. The number of fused-ring (bicyclic) bond motifs is 3. The summed E-state index contributed by atoms with van der Waals surface area (Å²) in [6, 6.07) is 19.0. The van der Waals surface area contributed by atoms with Crippen LogP contribution in [0.25, 0.3) is 21.8 Å². The van der Waals surface area contributed by atoms with E-state index in [1.807, 2.05) is 54.6 Å². The Labute approximate surface area is 127 Å². The second-order valence-electron chi connectivity index (χ2n) is 5.12. The highest BCUT2D eigenvalue weighted by atomic mass is 16.5. The summed E-state index contributed by atoms with van der Waals surface area (Å²) in [4.78, 5) is 7.81. The van der Waals surface area contributed by atoms with Gasteiger partial charge in [-0.1, -0.05) is 42.5 Å². The van der Waals surface area contributed by atoms with E-state index in [4.69, 9.17) is 4.74 Å². The number of aromatic amines is 1. The number of imidazole rings is 1. The van der Waals surface area contributed by atoms with Crippen molar-refractivity contribution in [3.05, 3.63) is 66.5 Å². The molecule has 22 heavy (non-hydrogen) atoms. The zero-order chi connectivity index (χ0) is 14.9. The molecule has 0 atom stereocenters. The molecule has 108 valence electrons. The molecule has 0 aliphatic heterocycles. The zero-order valence-electron chi connectivity index (χ0n) is 11.8. The summed E-state index contributed by atoms with van der Waals surface area (Å²) < 4.78 is 5.71. The average molecular weight is 290 g/mol. The minimum atomic E-state index is 0.252. The Morgan fingerprint density at radius 2 is 1.68 bits per heavy atom. The molecule has 0 bridgehead atoms. The number of aromatic hydroxyl groups is 1. The topological polar surface area (TPSA) is 58.1 Å². The second-order valence-corrected chi connectivity index (χ2v) is 5.12. The van der Waals surface area contributed by atoms with Gasteiger partial charge < -0.3 is 14.8 Å². The number of nitrogens with one attached hydrogen (secondary N) is 1. The number of benzene rings is 3. The van der Waals surface area contributed by atoms with Crippen molar-refractivity contribution in [1.82, 2.24) is 9.97 Å². The van der Waals surface area contributed by atoms with Gasteiger partial charge in [0.25, 0.3) is 0 Å². The number of rotatable bonds is 3. The average Bonchev–Trinajstić information content (AvgIpc) is 2.97. The van der Waals surface area contributed by atoms with Crippen molar-refractivity contribution in [2.75, 3.05) is 0 Å². The molecule has 4 aromatic rings. The van der Waals surface area contributed by atoms with Crippen LogP contribution in [0.15, 0.2) is 60.7 Å². The largest absolute Gasteiger partial charge is 0.507 e. The van der Waals surface area contributed by atoms with E-state index in [2.05, 4.69) is 9.97 Å². The molecule has 1 heterocycles. The number of phenols is 1. The van der Waals surface area contributed by atoms with Crippen LogP contribution in [0.1, 0.15) is 5.82 Å². The number of ether oxygens (including phenoxy) is 1. The predicted molar refractivity (Wildman–Crippen MR) is 86.0 cm³/mol. The van der Waals surface area contributed by atoms with E-state index in [9.17, 15) is 5.11 Å². The van der Waals surface area contributed by atoms with Gasteiger partial charge in [0.2, 0.25) is 0 Å². The molecule has 2 N–H and O–H groups in total. The third-order valence-electron chi connectivity index (χ3n) is 3.64. The Bertz CT molecular complexity index is 945. The van der Waals surface area contributed by atoms with Crippen LogP contribution in [-0.4, -0.2) is 15.1 Å². The molecule has 0 radical (unpaired) electrons. The molecule has 0 saturated heterocycles. The van der Waals surface area contributed by atoms with Gasteiger partial charge in [-0.05, 0) is 12.1 Å². The maximum Gasteiger partial charge on any atom is 0.146 e. The van der Waals surface area contributed by atoms with Gasteiger partial charge in [0, 0.05) is 16.8 Å². The highest BCUT2D eigenvalue weighted by molar-refractivity contribution is 6.07. The predicted octanol–water partition coefficient (Wildman–Crippen LogP) is 4.00. The van der Waals surface area contributed by atoms with Gasteiger partial charge in [-0.2, -0.15) is 0 Å². The summed E-state index contributed by atoms with van der Waals surface area (Å²) in [7, 11) is 0. The summed E-state index contributed by atoms with van der Waals surface area (Å²) in [6.07, 6.45) is 0. The molecule has 0 aliphatic carbocycles. The van der Waals surface area contributed by atoms with Crippen LogP contribution in [0.3, 0.4) is 0 Å². The standard InChI is InChI=1S/C18H14N2O2/c21-16-10-15-18(14-9-5-4-8-13(14)16)20-17(19-15)11-22-12-6-2-1-3-7-12/h1-10,21H,11H2,(H,19,20). The van der Waals surface area contributed by atoms with Crippen molar-refractivity contribution >= 4 is 21.8 Å². The van der Waals surface area contributed by atoms with E-state index in [1.165, 1.54) is 0 Å². The number of phenolic OH excluding ortho intramolecular Hbond substituents is 1. The Hall–Kier alpha value is -3.01. The first-order valence-electron chi connectivity index (χ1n) is 7.08. The summed E-state index contributed by atoms with van der Waals surface area (Å²) in [5, 5.41) is 11.8. The normalized spacial score (nSPS) is 11.1. The van der Waals surface area contributed by atoms with Crippen molar-refractivity contribution in [1.29, 1.82) is 0 Å². The highest BCUT2D eigenvalue weighted by Gasteiger charge is 2.10. The third kappa shape index (κ3) is 2.15. The molecule has 0 spiro atoms. The van der Waals surface area contributed by atoms with Crippen LogP contribution in [0.5, 0.6) is 11.5 Å². The molecule has 0 aliphatic rings. The van der Waals surface area contributed by atoms with Crippen LogP contribution in [0.4, 0.5) is 0 Å². The number of hydrogen-bond acceptors (Lipinski definition) is 3. The molecule has 0 amide bonds. The Morgan fingerprint density at radius 1 is 0.955 bits per heavy atom. The fourth-order valence-electron chi connectivity index (χ4n) is 2.61. The van der Waals surface area contributed by atoms with Crippen LogP contribution in [0.2, 0.25) is 0 Å². The summed E-state index contributed by atoms with van der Waals surface area (Å²) in [5.74, 6) is 1.78. The SMILES string of the molecule is Oc1cc2[nH]c(COc3ccccc3)nc2c2ccccc12. The monoisotopic (exact) mass is 290 g/mol. The maximum atomic E-state index is 10.1. The molecule has 4 rings (SSSR count). The van der Waals surface area contributed by atoms with Gasteiger partial charge in [-0.3, -0.25) is 0 Å². The van der Waals surface area contributed by atoms with Gasteiger partial charge in [-0.25, -0.2) is 4.98 Å². The quantitative estimate of drug-likeness (QED) is 0.599. The lowest BCUT2D eigenvalue weighted by molar-refractivity contribution is 0.297. The van der Waals surface area contributed by atoms with Crippen LogP contribution in [-0.2, 0) is 6.61 Å². The van der Waals surface area contributed by atoms with Gasteiger partial charge in [0.1, 0.15) is 23.9 Å². The molecule has 4 heteroatoms. The lowest BCUT2D eigenvalue weighted by atomic mass is 10.1. The summed E-state index contributed by atoms with van der Waals surface area (Å²) in [6.45, 7) is 0.355. The van der Waals surface area contributed by atoms with E-state index in [1.54, 1.807) is 6.07 Å². The van der Waals surface area contributed by atoms with Gasteiger partial charge in [-0.15, -0.1) is 0 Å². The molecule has 0 unspecified atom stereocenters. The van der Waals surface area contributed by atoms with E-state index in [-0.39, 0.29) is 5.75 Å². The Balaban J connectivity index is 1.73. The maximum absolute atomic E-state index is 10.1. The summed E-state index contributed by atoms with van der Waals surface area (Å²) in [5.41, 5.74) is 1.66. The zero-order valence-corrected chi connectivity index (χ0v) is 11.8. The molecule has 1 aromatic heterocycles. The van der Waals surface area contributed by atoms with E-state index >= 15 is 0 Å². The van der Waals surface area contributed by atoms with Gasteiger partial charge in [0.05, 0.1) is 11.0 Å². The number of hydrogen-bond donors (Lipinski definition) is 2. The lowest BCUT2D eigenvalue weighted by Crippen LogP contribution is -1.96. The van der Waals surface area contributed by atoms with Crippen LogP contribution < -0.4 is 4.74 Å². The van der Waals surface area contributed by atoms with Crippen LogP contribution >= 0.6 is 0 Å². The second kappa shape index (κ2) is 5.07. The van der Waals surface area contributed by atoms with E-state index < -0.39 is 0 Å². The van der Waals surface area contributed by atoms with Crippen molar-refractivity contribution in [2.45, 2.75) is 6.61 Å². The first kappa shape index (κ1) is 12.7. The molecule has 4 nitrogen and oxygen atoms in total. The van der Waals surface area contributed by atoms with Crippen molar-refractivity contribution in [3.63, 3.8) is 0 Å². The van der Waals surface area contributed by atoms with Crippen LogP contribution in [0, 0.1) is 0 Å². The van der Waals surface area contributed by atoms with Crippen molar-refractivity contribution in [2.24, 2.45) is 0 Å². The Kier molecular flexibility index (Phi) is 2.93. The Morgan fingerprint density at radius 3 is 2.50 bits per heavy atom. The lowest BCUT2D eigenvalue weighted by Gasteiger charge is -2.02. The van der Waals surface area contributed by atoms with E-state index in [0.717, 1.165) is 33.4 Å². The summed E-state index contributed by atoms with van der Waals surface area (Å²) >= 11 is 0. The molecule has 0 fully saturated rings. The van der Waals surface area contributed by atoms with Gasteiger partial charge in [0.15, 0.2) is 0 Å². The molecule has 3 aromatic carbocycles. The molecular weight excluding hydrogens is 276 g/mol. The fraction of sp³-hybridized carbons (Fsp3) is 0.0556. The number of para-hydroxylation sites is 1.